The predicted molar refractivity (Wildman–Crippen MR) is 35.1 cm³/mol. The maximum absolute atomic E-state index is 10.8. The summed E-state index contributed by atoms with van der Waals surface area (Å²) in [6.45, 7) is 0. The number of hydrogen-bond acceptors (Lipinski definition) is 5. The van der Waals surface area contributed by atoms with Crippen LogP contribution in [0.15, 0.2) is 0 Å². The lowest BCUT2D eigenvalue weighted by Gasteiger charge is -2.07. The van der Waals surface area contributed by atoms with Crippen molar-refractivity contribution in [3.63, 3.8) is 0 Å². The van der Waals surface area contributed by atoms with Crippen molar-refractivity contribution in [2.24, 2.45) is 5.84 Å². The van der Waals surface area contributed by atoms with Crippen LogP contribution in [0.5, 0.6) is 0 Å². The molecule has 0 atom stereocenters. The summed E-state index contributed by atoms with van der Waals surface area (Å²) in [6.07, 6.45) is 0. The lowest BCUT2D eigenvalue weighted by molar-refractivity contribution is 0.223. The van der Waals surface area contributed by atoms with Crippen molar-refractivity contribution in [2.45, 2.75) is 0 Å². The number of aromatic amines is 1. The number of amides is 2. The van der Waals surface area contributed by atoms with Gasteiger partial charge in [0.25, 0.3) is 5.95 Å². The molecule has 0 radical (unpaired) electrons. The molecule has 0 bridgehead atoms. The molecule has 0 fully saturated rings. The minimum atomic E-state index is -0.508. The first-order chi connectivity index (χ1) is 5.20. The first-order valence-electron chi connectivity index (χ1n) is 2.73. The smallest absolute Gasteiger partial charge is 0.272 e. The van der Waals surface area contributed by atoms with Gasteiger partial charge < -0.3 is 0 Å². The van der Waals surface area contributed by atoms with Gasteiger partial charge in [-0.2, -0.15) is 5.21 Å². The SMILES string of the molecule is CN(N)C(=O)Nc1nn[nH]n1. The maximum atomic E-state index is 10.8. The number of tetrazole rings is 1. The molecule has 2 amide bonds. The summed E-state index contributed by atoms with van der Waals surface area (Å²) in [6, 6.07) is -0.508. The highest BCUT2D eigenvalue weighted by molar-refractivity contribution is 5.86. The van der Waals surface area contributed by atoms with Crippen LogP contribution in [0.2, 0.25) is 0 Å². The van der Waals surface area contributed by atoms with Crippen LogP contribution in [0.4, 0.5) is 10.7 Å². The molecule has 11 heavy (non-hydrogen) atoms. The molecule has 0 unspecified atom stereocenters. The van der Waals surface area contributed by atoms with E-state index >= 15 is 0 Å². The molecule has 0 aliphatic rings. The summed E-state index contributed by atoms with van der Waals surface area (Å²) in [5, 5.41) is 15.5. The normalized spacial score (nSPS) is 9.27. The summed E-state index contributed by atoms with van der Waals surface area (Å²) in [4.78, 5) is 10.8. The molecule has 1 rings (SSSR count). The van der Waals surface area contributed by atoms with Crippen LogP contribution in [-0.2, 0) is 0 Å². The number of nitrogens with one attached hydrogen (secondary N) is 2. The van der Waals surface area contributed by atoms with Gasteiger partial charge in [-0.3, -0.25) is 10.3 Å². The Kier molecular flexibility index (Phi) is 1.97. The Labute approximate surface area is 61.7 Å². The fourth-order valence-electron chi connectivity index (χ4n) is 0.399. The Hall–Kier alpha value is -1.70. The molecule has 1 aromatic rings. The molecule has 0 spiro atoms. The molecule has 8 nitrogen and oxygen atoms in total. The molecule has 1 heterocycles. The van der Waals surface area contributed by atoms with E-state index in [0.29, 0.717) is 0 Å². The standard InChI is InChI=1S/C3H7N7O/c1-10(4)3(11)5-2-6-8-9-7-2/h4H2,1H3,(H2,5,6,7,8,9,11). The van der Waals surface area contributed by atoms with Gasteiger partial charge in [-0.15, -0.1) is 5.10 Å². The van der Waals surface area contributed by atoms with Crippen LogP contribution in [0.3, 0.4) is 0 Å². The van der Waals surface area contributed by atoms with E-state index in [-0.39, 0.29) is 5.95 Å². The second-order valence-electron chi connectivity index (χ2n) is 1.78. The van der Waals surface area contributed by atoms with Crippen molar-refractivity contribution in [1.29, 1.82) is 0 Å². The number of hydrazine groups is 1. The van der Waals surface area contributed by atoms with Crippen LogP contribution in [0, 0.1) is 0 Å². The second-order valence-corrected chi connectivity index (χ2v) is 1.78. The maximum Gasteiger partial charge on any atom is 0.338 e. The van der Waals surface area contributed by atoms with E-state index in [1.54, 1.807) is 0 Å². The van der Waals surface area contributed by atoms with Gasteiger partial charge in [0.1, 0.15) is 0 Å². The van der Waals surface area contributed by atoms with Gasteiger partial charge in [0.2, 0.25) is 0 Å². The Morgan fingerprint density at radius 2 is 2.55 bits per heavy atom. The minimum Gasteiger partial charge on any atom is -0.272 e. The van der Waals surface area contributed by atoms with Crippen LogP contribution >= 0.6 is 0 Å². The third-order valence-corrected chi connectivity index (χ3v) is 0.884. The molecule has 4 N–H and O–H groups in total. The summed E-state index contributed by atoms with van der Waals surface area (Å²) in [5.74, 6) is 5.18. The van der Waals surface area contributed by atoms with E-state index in [2.05, 4.69) is 25.9 Å². The largest absolute Gasteiger partial charge is 0.338 e. The van der Waals surface area contributed by atoms with E-state index in [9.17, 15) is 4.79 Å². The van der Waals surface area contributed by atoms with Crippen LogP contribution in [-0.4, -0.2) is 38.7 Å². The van der Waals surface area contributed by atoms with Crippen LogP contribution in [0.1, 0.15) is 0 Å². The van der Waals surface area contributed by atoms with Crippen molar-refractivity contribution < 1.29 is 4.79 Å². The lowest BCUT2D eigenvalue weighted by Crippen LogP contribution is -2.37. The van der Waals surface area contributed by atoms with Crippen LogP contribution < -0.4 is 11.2 Å². The number of carbonyl (C=O) groups excluding carboxylic acids is 1. The van der Waals surface area contributed by atoms with E-state index in [1.165, 1.54) is 7.05 Å². The quantitative estimate of drug-likeness (QED) is 0.262. The summed E-state index contributed by atoms with van der Waals surface area (Å²) in [7, 11) is 1.40. The lowest BCUT2D eigenvalue weighted by atomic mass is 10.8. The van der Waals surface area contributed by atoms with E-state index in [4.69, 9.17) is 5.84 Å². The average Bonchev–Trinajstić information content (AvgIpc) is 2.39. The van der Waals surface area contributed by atoms with Crippen LogP contribution in [0.25, 0.3) is 0 Å². The highest BCUT2D eigenvalue weighted by Gasteiger charge is 2.06. The molecule has 8 heteroatoms. The molecule has 0 aromatic carbocycles. The van der Waals surface area contributed by atoms with Crippen molar-refractivity contribution in [3.8, 4) is 0 Å². The minimum absolute atomic E-state index is 0.0901. The predicted octanol–water partition coefficient (Wildman–Crippen LogP) is -1.46. The summed E-state index contributed by atoms with van der Waals surface area (Å²) < 4.78 is 0. The number of anilines is 1. The average molecular weight is 157 g/mol. The molecule has 60 valence electrons. The van der Waals surface area contributed by atoms with Gasteiger partial charge in [0, 0.05) is 7.05 Å². The zero-order chi connectivity index (χ0) is 8.27. The van der Waals surface area contributed by atoms with E-state index < -0.39 is 6.03 Å². The van der Waals surface area contributed by atoms with Crippen molar-refractivity contribution in [3.05, 3.63) is 0 Å². The van der Waals surface area contributed by atoms with Gasteiger partial charge in [0.15, 0.2) is 0 Å². The number of H-pyrrole nitrogens is 1. The summed E-state index contributed by atoms with van der Waals surface area (Å²) in [5.41, 5.74) is 0. The number of hydrogen-bond donors (Lipinski definition) is 3. The number of rotatable bonds is 1. The van der Waals surface area contributed by atoms with Gasteiger partial charge in [-0.25, -0.2) is 10.6 Å². The highest BCUT2D eigenvalue weighted by atomic mass is 16.2. The highest BCUT2D eigenvalue weighted by Crippen LogP contribution is 1.90. The van der Waals surface area contributed by atoms with Gasteiger partial charge in [-0.1, -0.05) is 5.10 Å². The first kappa shape index (κ1) is 7.41. The zero-order valence-electron chi connectivity index (χ0n) is 5.77. The second kappa shape index (κ2) is 2.92. The fraction of sp³-hybridized carbons (Fsp3) is 0.333. The zero-order valence-corrected chi connectivity index (χ0v) is 5.77. The molecule has 0 saturated carbocycles. The monoisotopic (exact) mass is 157 g/mol. The Bertz CT molecular complexity index is 228. The molecular formula is C3H7N7O. The van der Waals surface area contributed by atoms with Gasteiger partial charge in [-0.05, 0) is 5.21 Å². The summed E-state index contributed by atoms with van der Waals surface area (Å²) >= 11 is 0. The number of carbonyl (C=O) groups is 1. The fourth-order valence-corrected chi connectivity index (χ4v) is 0.399. The molecule has 1 aromatic heterocycles. The molecule has 0 aliphatic heterocycles. The molecule has 0 aliphatic carbocycles. The third-order valence-electron chi connectivity index (χ3n) is 0.884. The number of nitrogens with two attached hydrogens (primary N) is 1. The van der Waals surface area contributed by atoms with Crippen molar-refractivity contribution in [2.75, 3.05) is 12.4 Å². The number of urea groups is 1. The van der Waals surface area contributed by atoms with E-state index in [0.717, 1.165) is 5.01 Å². The van der Waals surface area contributed by atoms with Gasteiger partial charge >= 0.3 is 6.03 Å². The van der Waals surface area contributed by atoms with Gasteiger partial charge in [0.05, 0.1) is 0 Å². The van der Waals surface area contributed by atoms with E-state index in [1.807, 2.05) is 0 Å². The number of aromatic nitrogens is 4. The Morgan fingerprint density at radius 3 is 3.00 bits per heavy atom. The Morgan fingerprint density at radius 1 is 1.82 bits per heavy atom. The molecule has 0 saturated heterocycles. The number of nitrogens with zero attached hydrogens (tertiary/aromatic N) is 4. The topological polar surface area (TPSA) is 113 Å². The van der Waals surface area contributed by atoms with Crippen molar-refractivity contribution >= 4 is 12.0 Å². The molecular weight excluding hydrogens is 150 g/mol. The third kappa shape index (κ3) is 1.86. The first-order valence-corrected chi connectivity index (χ1v) is 2.73. The Balaban J connectivity index is 2.50. The van der Waals surface area contributed by atoms with Crippen molar-refractivity contribution in [1.82, 2.24) is 25.6 Å².